The Balaban J connectivity index is 2.21. The van der Waals surface area contributed by atoms with Crippen molar-refractivity contribution in [3.05, 3.63) is 35.9 Å². The average Bonchev–Trinajstić information content (AvgIpc) is 2.18. The van der Waals surface area contributed by atoms with Crippen LogP contribution in [0.4, 0.5) is 0 Å². The Morgan fingerprint density at radius 2 is 1.87 bits per heavy atom. The van der Waals surface area contributed by atoms with Crippen LogP contribution in [-0.2, 0) is 6.54 Å². The van der Waals surface area contributed by atoms with E-state index in [4.69, 9.17) is 5.84 Å². The van der Waals surface area contributed by atoms with Gasteiger partial charge in [0.05, 0.1) is 0 Å². The van der Waals surface area contributed by atoms with Crippen LogP contribution in [0.2, 0.25) is 0 Å². The predicted octanol–water partition coefficient (Wildman–Crippen LogP) is 2.80. The maximum absolute atomic E-state index is 5.93. The van der Waals surface area contributed by atoms with Gasteiger partial charge in [0, 0.05) is 13.1 Å². The van der Waals surface area contributed by atoms with Crippen molar-refractivity contribution in [3.63, 3.8) is 0 Å². The van der Waals surface area contributed by atoms with Crippen LogP contribution in [-0.4, -0.2) is 11.6 Å². The topological polar surface area (TPSA) is 29.3 Å². The van der Waals surface area contributed by atoms with Crippen molar-refractivity contribution in [2.75, 3.05) is 6.54 Å². The highest BCUT2D eigenvalue weighted by molar-refractivity contribution is 5.14. The Labute approximate surface area is 93.1 Å². The largest absolute Gasteiger partial charge is 0.268 e. The summed E-state index contributed by atoms with van der Waals surface area (Å²) in [5.41, 5.74) is 1.28. The fourth-order valence-electron chi connectivity index (χ4n) is 1.60. The van der Waals surface area contributed by atoms with E-state index >= 15 is 0 Å². The van der Waals surface area contributed by atoms with Crippen LogP contribution in [0.1, 0.15) is 32.3 Å². The zero-order valence-corrected chi connectivity index (χ0v) is 9.82. The zero-order valence-electron chi connectivity index (χ0n) is 9.82. The second kappa shape index (κ2) is 6.59. The Bertz CT molecular complexity index is 256. The molecule has 0 fully saturated rings. The third kappa shape index (κ3) is 5.55. The second-order valence-corrected chi connectivity index (χ2v) is 4.49. The smallest absolute Gasteiger partial charge is 0.0379 e. The van der Waals surface area contributed by atoms with E-state index in [1.54, 1.807) is 0 Å². The monoisotopic (exact) mass is 206 g/mol. The van der Waals surface area contributed by atoms with Gasteiger partial charge in [-0.3, -0.25) is 5.84 Å². The van der Waals surface area contributed by atoms with Gasteiger partial charge in [0.1, 0.15) is 0 Å². The lowest BCUT2D eigenvalue weighted by Crippen LogP contribution is -2.31. The van der Waals surface area contributed by atoms with Gasteiger partial charge in [-0.25, -0.2) is 5.01 Å². The SMILES string of the molecule is CC(C)CCCN(N)Cc1ccccc1. The Morgan fingerprint density at radius 3 is 2.47 bits per heavy atom. The van der Waals surface area contributed by atoms with Crippen molar-refractivity contribution in [2.45, 2.75) is 33.2 Å². The molecule has 0 aliphatic heterocycles. The van der Waals surface area contributed by atoms with Crippen molar-refractivity contribution in [1.29, 1.82) is 0 Å². The summed E-state index contributed by atoms with van der Waals surface area (Å²) in [5.74, 6) is 6.70. The molecular formula is C13H22N2. The lowest BCUT2D eigenvalue weighted by Gasteiger charge is -2.16. The van der Waals surface area contributed by atoms with Crippen LogP contribution in [0, 0.1) is 5.92 Å². The average molecular weight is 206 g/mol. The molecule has 1 rings (SSSR count). The molecule has 0 unspecified atom stereocenters. The molecule has 15 heavy (non-hydrogen) atoms. The minimum absolute atomic E-state index is 0.773. The Kier molecular flexibility index (Phi) is 5.37. The summed E-state index contributed by atoms with van der Waals surface area (Å²) < 4.78 is 0. The maximum Gasteiger partial charge on any atom is 0.0379 e. The van der Waals surface area contributed by atoms with Gasteiger partial charge in [0.2, 0.25) is 0 Å². The molecule has 84 valence electrons. The third-order valence-corrected chi connectivity index (χ3v) is 2.46. The molecule has 2 heteroatoms. The van der Waals surface area contributed by atoms with Gasteiger partial charge in [0.15, 0.2) is 0 Å². The normalized spacial score (nSPS) is 11.3. The van der Waals surface area contributed by atoms with Crippen LogP contribution in [0.25, 0.3) is 0 Å². The summed E-state index contributed by atoms with van der Waals surface area (Å²) >= 11 is 0. The van der Waals surface area contributed by atoms with Gasteiger partial charge in [-0.05, 0) is 24.3 Å². The lowest BCUT2D eigenvalue weighted by molar-refractivity contribution is 0.263. The summed E-state index contributed by atoms with van der Waals surface area (Å²) in [6.45, 7) is 6.32. The number of hydrazine groups is 1. The van der Waals surface area contributed by atoms with Gasteiger partial charge >= 0.3 is 0 Å². The summed E-state index contributed by atoms with van der Waals surface area (Å²) in [4.78, 5) is 0. The molecule has 2 N–H and O–H groups in total. The van der Waals surface area contributed by atoms with E-state index in [0.717, 1.165) is 19.0 Å². The zero-order chi connectivity index (χ0) is 11.1. The molecule has 0 aliphatic rings. The molecule has 0 saturated carbocycles. The van der Waals surface area contributed by atoms with Crippen molar-refractivity contribution < 1.29 is 0 Å². The molecule has 0 atom stereocenters. The first kappa shape index (κ1) is 12.2. The van der Waals surface area contributed by atoms with Crippen LogP contribution in [0.3, 0.4) is 0 Å². The molecule has 0 radical (unpaired) electrons. The predicted molar refractivity (Wildman–Crippen MR) is 65.1 cm³/mol. The highest BCUT2D eigenvalue weighted by Gasteiger charge is 2.01. The van der Waals surface area contributed by atoms with Gasteiger partial charge in [0.25, 0.3) is 0 Å². The van der Waals surface area contributed by atoms with E-state index in [2.05, 4.69) is 38.1 Å². The fourth-order valence-corrected chi connectivity index (χ4v) is 1.60. The number of nitrogens with zero attached hydrogens (tertiary/aromatic N) is 1. The van der Waals surface area contributed by atoms with Crippen molar-refractivity contribution in [2.24, 2.45) is 11.8 Å². The molecule has 1 aromatic carbocycles. The molecular weight excluding hydrogens is 184 g/mol. The maximum atomic E-state index is 5.93. The van der Waals surface area contributed by atoms with Crippen molar-refractivity contribution in [1.82, 2.24) is 5.01 Å². The number of benzene rings is 1. The van der Waals surface area contributed by atoms with E-state index in [-0.39, 0.29) is 0 Å². The molecule has 0 bridgehead atoms. The molecule has 0 amide bonds. The number of nitrogens with two attached hydrogens (primary N) is 1. The first-order chi connectivity index (χ1) is 7.18. The number of hydrogen-bond donors (Lipinski definition) is 1. The molecule has 0 spiro atoms. The minimum atomic E-state index is 0.773. The fraction of sp³-hybridized carbons (Fsp3) is 0.538. The van der Waals surface area contributed by atoms with Gasteiger partial charge < -0.3 is 0 Å². The summed E-state index contributed by atoms with van der Waals surface area (Å²) in [7, 11) is 0. The quantitative estimate of drug-likeness (QED) is 0.573. The number of hydrogen-bond acceptors (Lipinski definition) is 2. The lowest BCUT2D eigenvalue weighted by atomic mass is 10.1. The van der Waals surface area contributed by atoms with E-state index in [0.29, 0.717) is 0 Å². The summed E-state index contributed by atoms with van der Waals surface area (Å²) in [6.07, 6.45) is 2.43. The van der Waals surface area contributed by atoms with Gasteiger partial charge in [-0.15, -0.1) is 0 Å². The number of rotatable bonds is 6. The van der Waals surface area contributed by atoms with E-state index in [9.17, 15) is 0 Å². The molecule has 0 heterocycles. The van der Waals surface area contributed by atoms with Crippen molar-refractivity contribution in [3.8, 4) is 0 Å². The molecule has 1 aromatic rings. The van der Waals surface area contributed by atoms with E-state index in [1.165, 1.54) is 18.4 Å². The second-order valence-electron chi connectivity index (χ2n) is 4.49. The summed E-state index contributed by atoms with van der Waals surface area (Å²) in [6, 6.07) is 10.4. The van der Waals surface area contributed by atoms with Crippen LogP contribution < -0.4 is 5.84 Å². The van der Waals surface area contributed by atoms with Crippen LogP contribution in [0.5, 0.6) is 0 Å². The van der Waals surface area contributed by atoms with Gasteiger partial charge in [-0.1, -0.05) is 44.2 Å². The molecule has 2 nitrogen and oxygen atoms in total. The van der Waals surface area contributed by atoms with Crippen LogP contribution in [0.15, 0.2) is 30.3 Å². The minimum Gasteiger partial charge on any atom is -0.268 e. The van der Waals surface area contributed by atoms with Crippen LogP contribution >= 0.6 is 0 Å². The standard InChI is InChI=1S/C13H22N2/c1-12(2)7-6-10-15(14)11-13-8-4-3-5-9-13/h3-5,8-9,12H,6-7,10-11,14H2,1-2H3. The molecule has 0 aromatic heterocycles. The molecule has 0 saturated heterocycles. The summed E-state index contributed by atoms with van der Waals surface area (Å²) in [5, 5.41) is 1.90. The molecule has 0 aliphatic carbocycles. The van der Waals surface area contributed by atoms with Crippen molar-refractivity contribution >= 4 is 0 Å². The first-order valence-corrected chi connectivity index (χ1v) is 5.72. The third-order valence-electron chi connectivity index (χ3n) is 2.46. The first-order valence-electron chi connectivity index (χ1n) is 5.72. The highest BCUT2D eigenvalue weighted by atomic mass is 15.4. The van der Waals surface area contributed by atoms with E-state index < -0.39 is 0 Å². The van der Waals surface area contributed by atoms with E-state index in [1.807, 2.05) is 11.1 Å². The highest BCUT2D eigenvalue weighted by Crippen LogP contribution is 2.06. The Hall–Kier alpha value is -0.860. The van der Waals surface area contributed by atoms with Gasteiger partial charge in [-0.2, -0.15) is 0 Å². The Morgan fingerprint density at radius 1 is 1.20 bits per heavy atom.